The molecular formula is C26H25N3O3. The molecule has 0 bridgehead atoms. The van der Waals surface area contributed by atoms with Crippen molar-refractivity contribution in [1.82, 2.24) is 10.2 Å². The monoisotopic (exact) mass is 427 g/mol. The Bertz CT molecular complexity index is 1230. The Kier molecular flexibility index (Phi) is 6.03. The first-order valence-electron chi connectivity index (χ1n) is 10.5. The van der Waals surface area contributed by atoms with E-state index in [0.717, 1.165) is 27.9 Å². The van der Waals surface area contributed by atoms with Gasteiger partial charge in [0.2, 0.25) is 5.89 Å². The highest BCUT2D eigenvalue weighted by molar-refractivity contribution is 5.95. The lowest BCUT2D eigenvalue weighted by molar-refractivity contribution is -0.122. The van der Waals surface area contributed by atoms with E-state index in [1.54, 1.807) is 13.0 Å². The number of rotatable bonds is 6. The van der Waals surface area contributed by atoms with E-state index in [0.29, 0.717) is 23.1 Å². The maximum absolute atomic E-state index is 12.9. The highest BCUT2D eigenvalue weighted by atomic mass is 16.5. The molecule has 0 saturated carbocycles. The second-order valence-electron chi connectivity index (χ2n) is 7.80. The number of carbonyl (C=O) groups excluding carboxylic acids is 1. The smallest absolute Gasteiger partial charge is 0.265 e. The van der Waals surface area contributed by atoms with Crippen LogP contribution in [0.3, 0.4) is 0 Å². The van der Waals surface area contributed by atoms with E-state index in [4.69, 9.17) is 9.15 Å². The summed E-state index contributed by atoms with van der Waals surface area (Å²) in [6.07, 6.45) is -0.729. The van der Waals surface area contributed by atoms with Gasteiger partial charge >= 0.3 is 0 Å². The zero-order valence-corrected chi connectivity index (χ0v) is 18.5. The van der Waals surface area contributed by atoms with Gasteiger partial charge in [-0.1, -0.05) is 48.0 Å². The number of benzene rings is 3. The summed E-state index contributed by atoms with van der Waals surface area (Å²) >= 11 is 0. The minimum absolute atomic E-state index is 0.231. The topological polar surface area (TPSA) is 77.2 Å². The summed E-state index contributed by atoms with van der Waals surface area (Å²) in [5.74, 6) is 1.02. The fourth-order valence-corrected chi connectivity index (χ4v) is 3.62. The van der Waals surface area contributed by atoms with Gasteiger partial charge in [-0.3, -0.25) is 4.79 Å². The van der Waals surface area contributed by atoms with Crippen LogP contribution in [0.1, 0.15) is 23.6 Å². The van der Waals surface area contributed by atoms with Crippen LogP contribution in [0.2, 0.25) is 0 Å². The molecule has 1 N–H and O–H groups in total. The molecule has 0 aliphatic heterocycles. The van der Waals surface area contributed by atoms with Crippen molar-refractivity contribution in [2.75, 3.05) is 5.32 Å². The maximum atomic E-state index is 12.9. The summed E-state index contributed by atoms with van der Waals surface area (Å²) < 4.78 is 11.9. The number of nitrogens with one attached hydrogen (secondary N) is 1. The molecule has 4 rings (SSSR count). The van der Waals surface area contributed by atoms with E-state index >= 15 is 0 Å². The minimum atomic E-state index is -0.729. The average molecular weight is 428 g/mol. The van der Waals surface area contributed by atoms with Crippen molar-refractivity contribution in [3.05, 3.63) is 83.4 Å². The quantitative estimate of drug-likeness (QED) is 0.425. The first-order chi connectivity index (χ1) is 15.4. The molecule has 6 heteroatoms. The average Bonchev–Trinajstić information content (AvgIpc) is 3.27. The molecule has 6 nitrogen and oxygen atoms in total. The molecule has 0 aliphatic rings. The van der Waals surface area contributed by atoms with Gasteiger partial charge in [-0.05, 0) is 63.1 Å². The highest BCUT2D eigenvalue weighted by Crippen LogP contribution is 2.32. The van der Waals surface area contributed by atoms with E-state index in [2.05, 4.69) is 15.5 Å². The lowest BCUT2D eigenvalue weighted by Crippen LogP contribution is -2.30. The van der Waals surface area contributed by atoms with Crippen LogP contribution in [0.5, 0.6) is 5.75 Å². The van der Waals surface area contributed by atoms with E-state index in [-0.39, 0.29) is 5.91 Å². The molecule has 1 atom stereocenters. The van der Waals surface area contributed by atoms with Gasteiger partial charge in [0.05, 0.1) is 5.56 Å². The lowest BCUT2D eigenvalue weighted by Gasteiger charge is -2.18. The Morgan fingerprint density at radius 1 is 0.906 bits per heavy atom. The van der Waals surface area contributed by atoms with E-state index in [1.807, 2.05) is 81.4 Å². The van der Waals surface area contributed by atoms with Crippen LogP contribution in [-0.4, -0.2) is 22.2 Å². The fraction of sp³-hybridized carbons (Fsp3) is 0.192. The van der Waals surface area contributed by atoms with Crippen molar-refractivity contribution in [3.63, 3.8) is 0 Å². The van der Waals surface area contributed by atoms with Crippen LogP contribution < -0.4 is 10.1 Å². The molecule has 162 valence electrons. The fourth-order valence-electron chi connectivity index (χ4n) is 3.62. The van der Waals surface area contributed by atoms with Gasteiger partial charge in [0, 0.05) is 11.3 Å². The predicted molar refractivity (Wildman–Crippen MR) is 125 cm³/mol. The molecule has 1 aromatic heterocycles. The molecule has 0 unspecified atom stereocenters. The van der Waals surface area contributed by atoms with Crippen molar-refractivity contribution in [2.45, 2.75) is 33.8 Å². The summed E-state index contributed by atoms with van der Waals surface area (Å²) in [5, 5.41) is 11.3. The van der Waals surface area contributed by atoms with Gasteiger partial charge in [-0.15, -0.1) is 10.2 Å². The van der Waals surface area contributed by atoms with Crippen LogP contribution in [-0.2, 0) is 4.79 Å². The number of aryl methyl sites for hydroxylation is 3. The Hall–Kier alpha value is -3.93. The SMILES string of the molecule is Cc1cc(C)c(NC(=O)[C@@H](C)Oc2ccccc2-c2nnc(-c3ccccc3)o2)c(C)c1. The van der Waals surface area contributed by atoms with Gasteiger partial charge in [0.25, 0.3) is 11.8 Å². The van der Waals surface area contributed by atoms with E-state index in [9.17, 15) is 4.79 Å². The van der Waals surface area contributed by atoms with Gasteiger partial charge in [-0.25, -0.2) is 0 Å². The second-order valence-corrected chi connectivity index (χ2v) is 7.80. The number of ether oxygens (including phenoxy) is 1. The number of para-hydroxylation sites is 1. The molecule has 4 aromatic rings. The normalized spacial score (nSPS) is 11.8. The molecule has 0 saturated heterocycles. The van der Waals surface area contributed by atoms with Crippen molar-refractivity contribution >= 4 is 11.6 Å². The van der Waals surface area contributed by atoms with Crippen molar-refractivity contribution in [1.29, 1.82) is 0 Å². The van der Waals surface area contributed by atoms with E-state index in [1.165, 1.54) is 0 Å². The standard InChI is InChI=1S/C26H25N3O3/c1-16-14-17(2)23(18(3)15-16)27-24(30)19(4)31-22-13-9-8-12-21(22)26-29-28-25(32-26)20-10-6-5-7-11-20/h5-15,19H,1-4H3,(H,27,30)/t19-/m1/s1. The number of amides is 1. The number of hydrogen-bond acceptors (Lipinski definition) is 5. The Morgan fingerprint density at radius 2 is 1.53 bits per heavy atom. The minimum Gasteiger partial charge on any atom is -0.480 e. The number of anilines is 1. The number of nitrogens with zero attached hydrogens (tertiary/aromatic N) is 2. The van der Waals surface area contributed by atoms with Crippen molar-refractivity contribution in [3.8, 4) is 28.7 Å². The van der Waals surface area contributed by atoms with Gasteiger partial charge in [0.15, 0.2) is 6.10 Å². The third-order valence-corrected chi connectivity index (χ3v) is 5.16. The molecule has 0 aliphatic carbocycles. The van der Waals surface area contributed by atoms with Gasteiger partial charge in [0.1, 0.15) is 5.75 Å². The van der Waals surface area contributed by atoms with Gasteiger partial charge in [-0.2, -0.15) is 0 Å². The van der Waals surface area contributed by atoms with Crippen molar-refractivity contribution in [2.24, 2.45) is 0 Å². The number of aromatic nitrogens is 2. The van der Waals surface area contributed by atoms with Crippen LogP contribution >= 0.6 is 0 Å². The zero-order valence-electron chi connectivity index (χ0n) is 18.5. The zero-order chi connectivity index (χ0) is 22.7. The molecule has 1 amide bonds. The van der Waals surface area contributed by atoms with Crippen LogP contribution in [0, 0.1) is 20.8 Å². The molecule has 0 radical (unpaired) electrons. The first kappa shape index (κ1) is 21.3. The Morgan fingerprint density at radius 3 is 2.25 bits per heavy atom. The third kappa shape index (κ3) is 4.54. The molecular weight excluding hydrogens is 402 g/mol. The molecule has 0 fully saturated rings. The molecule has 32 heavy (non-hydrogen) atoms. The summed E-state index contributed by atoms with van der Waals surface area (Å²) in [6.45, 7) is 7.72. The van der Waals surface area contributed by atoms with Crippen LogP contribution in [0.15, 0.2) is 71.1 Å². The Labute approximate surface area is 187 Å². The summed E-state index contributed by atoms with van der Waals surface area (Å²) in [6, 6.07) is 21.0. The second kappa shape index (κ2) is 9.06. The number of carbonyl (C=O) groups is 1. The molecule has 3 aromatic carbocycles. The predicted octanol–water partition coefficient (Wildman–Crippen LogP) is 5.73. The summed E-state index contributed by atoms with van der Waals surface area (Å²) in [5.41, 5.74) is 5.47. The van der Waals surface area contributed by atoms with Crippen LogP contribution in [0.4, 0.5) is 5.69 Å². The number of hydrogen-bond donors (Lipinski definition) is 1. The van der Waals surface area contributed by atoms with E-state index < -0.39 is 6.10 Å². The highest BCUT2D eigenvalue weighted by Gasteiger charge is 2.20. The maximum Gasteiger partial charge on any atom is 0.265 e. The molecule has 1 heterocycles. The third-order valence-electron chi connectivity index (χ3n) is 5.16. The Balaban J connectivity index is 1.54. The lowest BCUT2D eigenvalue weighted by atomic mass is 10.0. The van der Waals surface area contributed by atoms with Gasteiger partial charge < -0.3 is 14.5 Å². The van der Waals surface area contributed by atoms with Crippen LogP contribution in [0.25, 0.3) is 22.9 Å². The first-order valence-corrected chi connectivity index (χ1v) is 10.5. The summed E-state index contributed by atoms with van der Waals surface area (Å²) in [7, 11) is 0. The summed E-state index contributed by atoms with van der Waals surface area (Å²) in [4.78, 5) is 12.9. The van der Waals surface area contributed by atoms with Crippen molar-refractivity contribution < 1.29 is 13.9 Å². The largest absolute Gasteiger partial charge is 0.480 e. The molecule has 0 spiro atoms.